The van der Waals surface area contributed by atoms with Gasteiger partial charge in [-0.3, -0.25) is 0 Å². The highest BCUT2D eigenvalue weighted by molar-refractivity contribution is 5.32. The van der Waals surface area contributed by atoms with Crippen molar-refractivity contribution in [1.29, 1.82) is 0 Å². The molecule has 0 saturated carbocycles. The van der Waals surface area contributed by atoms with Gasteiger partial charge in [0.25, 0.3) is 0 Å². The van der Waals surface area contributed by atoms with E-state index in [2.05, 4.69) is 20.8 Å². The first-order valence-corrected chi connectivity index (χ1v) is 4.82. The Balaban J connectivity index is 1.89. The van der Waals surface area contributed by atoms with E-state index in [9.17, 15) is 5.11 Å². The molecule has 2 fully saturated rings. The number of aliphatic hydroxyl groups is 1. The Hall–Kier alpha value is -1.25. The van der Waals surface area contributed by atoms with Gasteiger partial charge in [-0.1, -0.05) is 5.10 Å². The molecule has 8 heteroatoms. The maximum atomic E-state index is 10.3. The standard InChI is InChI=1S/C7H9N5O3/c13-7-1-3(4-2-14-5(7)15-4)12-6(8-7)9-10-11-12/h3-5,13H,1-2H2,(H,8,9,11)/t3-,4-,5+,7-/m0/s1. The number of anilines is 1. The first kappa shape index (κ1) is 7.97. The number of fused-ring (bicyclic) bond motifs is 8. The van der Waals surface area contributed by atoms with Crippen LogP contribution in [0.3, 0.4) is 0 Å². The molecule has 0 unspecified atom stereocenters. The van der Waals surface area contributed by atoms with E-state index < -0.39 is 12.0 Å². The van der Waals surface area contributed by atoms with Gasteiger partial charge in [-0.05, 0) is 10.4 Å². The number of nitrogens with zero attached hydrogens (tertiary/aromatic N) is 4. The van der Waals surface area contributed by atoms with E-state index >= 15 is 0 Å². The number of tetrazole rings is 1. The van der Waals surface area contributed by atoms with Crippen molar-refractivity contribution in [3.8, 4) is 0 Å². The van der Waals surface area contributed by atoms with Gasteiger partial charge in [-0.25, -0.2) is 4.68 Å². The summed E-state index contributed by atoms with van der Waals surface area (Å²) in [7, 11) is 0. The van der Waals surface area contributed by atoms with Gasteiger partial charge in [-0.15, -0.1) is 0 Å². The predicted octanol–water partition coefficient (Wildman–Crippen LogP) is -1.53. The molecule has 4 atom stereocenters. The Morgan fingerprint density at radius 2 is 2.53 bits per heavy atom. The van der Waals surface area contributed by atoms with Crippen molar-refractivity contribution in [1.82, 2.24) is 20.2 Å². The average Bonchev–Trinajstić information content (AvgIpc) is 2.80. The first-order chi connectivity index (χ1) is 7.26. The van der Waals surface area contributed by atoms with Gasteiger partial charge in [-0.2, -0.15) is 0 Å². The van der Waals surface area contributed by atoms with Gasteiger partial charge < -0.3 is 19.9 Å². The Morgan fingerprint density at radius 3 is 3.47 bits per heavy atom. The van der Waals surface area contributed by atoms with Crippen LogP contribution in [0.4, 0.5) is 5.95 Å². The summed E-state index contributed by atoms with van der Waals surface area (Å²) in [6.45, 7) is 0.471. The van der Waals surface area contributed by atoms with Gasteiger partial charge in [0, 0.05) is 6.42 Å². The summed E-state index contributed by atoms with van der Waals surface area (Å²) in [5, 5.41) is 24.4. The summed E-state index contributed by atoms with van der Waals surface area (Å²) >= 11 is 0. The van der Waals surface area contributed by atoms with Gasteiger partial charge in [0.05, 0.1) is 12.6 Å². The van der Waals surface area contributed by atoms with Crippen molar-refractivity contribution < 1.29 is 14.6 Å². The van der Waals surface area contributed by atoms with Crippen LogP contribution in [-0.4, -0.2) is 50.0 Å². The van der Waals surface area contributed by atoms with Crippen LogP contribution in [0.1, 0.15) is 12.5 Å². The molecule has 80 valence electrons. The smallest absolute Gasteiger partial charge is 0.245 e. The second-order valence-corrected chi connectivity index (χ2v) is 4.11. The molecular weight excluding hydrogens is 202 g/mol. The number of hydrogen-bond donors (Lipinski definition) is 2. The average molecular weight is 211 g/mol. The van der Waals surface area contributed by atoms with Crippen LogP contribution >= 0.6 is 0 Å². The van der Waals surface area contributed by atoms with E-state index in [1.165, 1.54) is 0 Å². The molecule has 4 bridgehead atoms. The van der Waals surface area contributed by atoms with E-state index in [0.717, 1.165) is 0 Å². The molecule has 3 aliphatic rings. The number of hydrogen-bond acceptors (Lipinski definition) is 7. The van der Waals surface area contributed by atoms with Crippen molar-refractivity contribution in [2.45, 2.75) is 30.6 Å². The highest BCUT2D eigenvalue weighted by Gasteiger charge is 2.57. The third kappa shape index (κ3) is 0.845. The monoisotopic (exact) mass is 211 g/mol. The molecule has 1 aromatic heterocycles. The molecule has 8 nitrogen and oxygen atoms in total. The summed E-state index contributed by atoms with van der Waals surface area (Å²) in [5.74, 6) is 0.470. The Labute approximate surface area is 84.2 Å². The lowest BCUT2D eigenvalue weighted by molar-refractivity contribution is -0.215. The van der Waals surface area contributed by atoms with Crippen LogP contribution in [0.25, 0.3) is 0 Å². The van der Waals surface area contributed by atoms with Crippen LogP contribution in [0.5, 0.6) is 0 Å². The van der Waals surface area contributed by atoms with E-state index in [1.807, 2.05) is 0 Å². The zero-order valence-corrected chi connectivity index (χ0v) is 7.70. The van der Waals surface area contributed by atoms with E-state index in [1.54, 1.807) is 4.68 Å². The van der Waals surface area contributed by atoms with E-state index in [-0.39, 0.29) is 12.1 Å². The Morgan fingerprint density at radius 1 is 1.60 bits per heavy atom. The summed E-state index contributed by atoms with van der Waals surface area (Å²) < 4.78 is 12.6. The van der Waals surface area contributed by atoms with Gasteiger partial charge in [0.15, 0.2) is 5.72 Å². The molecule has 0 radical (unpaired) electrons. The molecule has 0 aliphatic carbocycles. The molecule has 2 N–H and O–H groups in total. The second-order valence-electron chi connectivity index (χ2n) is 4.11. The van der Waals surface area contributed by atoms with Crippen molar-refractivity contribution in [3.63, 3.8) is 0 Å². The van der Waals surface area contributed by atoms with Crippen LogP contribution in [0.15, 0.2) is 0 Å². The highest BCUT2D eigenvalue weighted by Crippen LogP contribution is 2.44. The van der Waals surface area contributed by atoms with Crippen LogP contribution in [-0.2, 0) is 9.47 Å². The minimum absolute atomic E-state index is 0.0556. The molecule has 0 amide bonds. The number of aromatic nitrogens is 4. The quantitative estimate of drug-likeness (QED) is 0.537. The van der Waals surface area contributed by atoms with Crippen molar-refractivity contribution in [2.75, 3.05) is 11.9 Å². The Bertz CT molecular complexity index is 423. The zero-order valence-electron chi connectivity index (χ0n) is 7.70. The third-order valence-corrected chi connectivity index (χ3v) is 3.18. The zero-order chi connectivity index (χ0) is 10.0. The lowest BCUT2D eigenvalue weighted by atomic mass is 9.95. The molecule has 1 aromatic rings. The third-order valence-electron chi connectivity index (χ3n) is 3.18. The predicted molar refractivity (Wildman–Crippen MR) is 44.7 cm³/mol. The molecule has 4 heterocycles. The summed E-state index contributed by atoms with van der Waals surface area (Å²) in [4.78, 5) is 0. The van der Waals surface area contributed by atoms with Crippen molar-refractivity contribution in [2.24, 2.45) is 0 Å². The lowest BCUT2D eigenvalue weighted by Crippen LogP contribution is -2.58. The SMILES string of the molecule is O[C@@]12C[C@@H]([C@@H]3CO[C@@H]1O3)n1nnnc1N2. The van der Waals surface area contributed by atoms with Crippen molar-refractivity contribution >= 4 is 5.95 Å². The Kier molecular flexibility index (Phi) is 1.21. The summed E-state index contributed by atoms with van der Waals surface area (Å²) in [6.07, 6.45) is -0.191. The summed E-state index contributed by atoms with van der Waals surface area (Å²) in [6, 6.07) is -0.0556. The fourth-order valence-electron chi connectivity index (χ4n) is 2.47. The number of nitrogens with one attached hydrogen (secondary N) is 1. The van der Waals surface area contributed by atoms with E-state index in [0.29, 0.717) is 19.0 Å². The van der Waals surface area contributed by atoms with E-state index in [4.69, 9.17) is 9.47 Å². The molecule has 4 rings (SSSR count). The highest BCUT2D eigenvalue weighted by atomic mass is 16.7. The molecule has 0 spiro atoms. The topological polar surface area (TPSA) is 94.3 Å². The fourth-order valence-corrected chi connectivity index (χ4v) is 2.47. The lowest BCUT2D eigenvalue weighted by Gasteiger charge is -2.43. The fraction of sp³-hybridized carbons (Fsp3) is 0.857. The maximum Gasteiger partial charge on any atom is 0.245 e. The number of ether oxygens (including phenoxy) is 2. The minimum atomic E-state index is -1.21. The van der Waals surface area contributed by atoms with Crippen LogP contribution < -0.4 is 5.32 Å². The van der Waals surface area contributed by atoms with Crippen molar-refractivity contribution in [3.05, 3.63) is 0 Å². The van der Waals surface area contributed by atoms with Gasteiger partial charge in [0.2, 0.25) is 12.2 Å². The first-order valence-electron chi connectivity index (χ1n) is 4.82. The second kappa shape index (κ2) is 2.29. The van der Waals surface area contributed by atoms with Gasteiger partial charge >= 0.3 is 0 Å². The largest absolute Gasteiger partial charge is 0.366 e. The van der Waals surface area contributed by atoms with Crippen LogP contribution in [0, 0.1) is 0 Å². The molecular formula is C7H9N5O3. The molecule has 0 aromatic carbocycles. The minimum Gasteiger partial charge on any atom is -0.366 e. The number of rotatable bonds is 0. The van der Waals surface area contributed by atoms with Crippen LogP contribution in [0.2, 0.25) is 0 Å². The normalized spacial score (nSPS) is 46.1. The molecule has 2 saturated heterocycles. The summed E-state index contributed by atoms with van der Waals surface area (Å²) in [5.41, 5.74) is -1.21. The maximum absolute atomic E-state index is 10.3. The molecule has 15 heavy (non-hydrogen) atoms. The molecule has 3 aliphatic heterocycles. The van der Waals surface area contributed by atoms with Gasteiger partial charge in [0.1, 0.15) is 6.10 Å².